The minimum absolute atomic E-state index is 0. The van der Waals surface area contributed by atoms with Crippen molar-refractivity contribution >= 4 is 17.4 Å². The van der Waals surface area contributed by atoms with Crippen molar-refractivity contribution < 1.29 is 5.11 Å². The number of aliphatic hydroxyl groups is 1. The van der Waals surface area contributed by atoms with Crippen LogP contribution < -0.4 is 0 Å². The molecule has 0 radical (unpaired) electrons. The Bertz CT molecular complexity index is 185. The molecule has 0 saturated carbocycles. The molecule has 1 rings (SSSR count). The van der Waals surface area contributed by atoms with Crippen molar-refractivity contribution in [2.45, 2.75) is 20.8 Å². The van der Waals surface area contributed by atoms with E-state index in [0.717, 1.165) is 0 Å². The summed E-state index contributed by atoms with van der Waals surface area (Å²) in [5.41, 5.74) is 1.32. The topological polar surface area (TPSA) is 20.2 Å². The molecule has 0 heterocycles. The molecule has 74 valence electrons. The SMILES string of the molecule is CC(C)CO.Cc1ccccc1.[AlH3]. The maximum atomic E-state index is 8.14. The predicted molar refractivity (Wildman–Crippen MR) is 63.0 cm³/mol. The van der Waals surface area contributed by atoms with E-state index in [-0.39, 0.29) is 17.4 Å². The van der Waals surface area contributed by atoms with Crippen LogP contribution in [0.15, 0.2) is 30.3 Å². The van der Waals surface area contributed by atoms with E-state index in [1.807, 2.05) is 32.0 Å². The molecule has 0 aliphatic rings. The molecule has 0 unspecified atom stereocenters. The van der Waals surface area contributed by atoms with Crippen molar-refractivity contribution in [2.75, 3.05) is 6.61 Å². The number of hydrogen-bond acceptors (Lipinski definition) is 1. The predicted octanol–water partition coefficient (Wildman–Crippen LogP) is 1.45. The molecule has 1 aromatic rings. The second-order valence-corrected chi connectivity index (χ2v) is 3.23. The maximum absolute atomic E-state index is 8.14. The van der Waals surface area contributed by atoms with Crippen LogP contribution >= 0.6 is 0 Å². The van der Waals surface area contributed by atoms with Crippen molar-refractivity contribution in [1.82, 2.24) is 0 Å². The van der Waals surface area contributed by atoms with Gasteiger partial charge < -0.3 is 5.11 Å². The van der Waals surface area contributed by atoms with Gasteiger partial charge in [-0.15, -0.1) is 0 Å². The van der Waals surface area contributed by atoms with Gasteiger partial charge >= 0.3 is 0 Å². The summed E-state index contributed by atoms with van der Waals surface area (Å²) in [7, 11) is 0. The average molecular weight is 196 g/mol. The fourth-order valence-electron chi connectivity index (χ4n) is 0.534. The van der Waals surface area contributed by atoms with Crippen molar-refractivity contribution in [3.63, 3.8) is 0 Å². The van der Waals surface area contributed by atoms with E-state index in [2.05, 4.69) is 19.1 Å². The van der Waals surface area contributed by atoms with Crippen LogP contribution in [0, 0.1) is 12.8 Å². The molecule has 0 aliphatic carbocycles. The van der Waals surface area contributed by atoms with E-state index in [9.17, 15) is 0 Å². The minimum Gasteiger partial charge on any atom is -0.396 e. The van der Waals surface area contributed by atoms with Crippen molar-refractivity contribution in [3.8, 4) is 0 Å². The summed E-state index contributed by atoms with van der Waals surface area (Å²) >= 11 is 0. The van der Waals surface area contributed by atoms with E-state index >= 15 is 0 Å². The third kappa shape index (κ3) is 11.7. The van der Waals surface area contributed by atoms with Crippen LogP contribution in [0.3, 0.4) is 0 Å². The van der Waals surface area contributed by atoms with Gasteiger partial charge in [-0.2, -0.15) is 0 Å². The van der Waals surface area contributed by atoms with Crippen LogP contribution in [0.5, 0.6) is 0 Å². The van der Waals surface area contributed by atoms with Gasteiger partial charge in [0.2, 0.25) is 0 Å². The van der Waals surface area contributed by atoms with Crippen LogP contribution in [0.1, 0.15) is 19.4 Å². The first-order chi connectivity index (χ1) is 5.66. The second-order valence-electron chi connectivity index (χ2n) is 3.23. The van der Waals surface area contributed by atoms with Gasteiger partial charge in [-0.1, -0.05) is 49.7 Å². The third-order valence-corrected chi connectivity index (χ3v) is 1.31. The number of aryl methyl sites for hydroxylation is 1. The average Bonchev–Trinajstić information content (AvgIpc) is 2.07. The smallest absolute Gasteiger partial charge is 0.187 e. The number of rotatable bonds is 1. The van der Waals surface area contributed by atoms with Gasteiger partial charge in [0.1, 0.15) is 0 Å². The summed E-state index contributed by atoms with van der Waals surface area (Å²) in [4.78, 5) is 0. The van der Waals surface area contributed by atoms with E-state index in [1.165, 1.54) is 5.56 Å². The van der Waals surface area contributed by atoms with Gasteiger partial charge in [-0.25, -0.2) is 0 Å². The molecule has 0 bridgehead atoms. The van der Waals surface area contributed by atoms with Crippen LogP contribution in [0.2, 0.25) is 0 Å². The first kappa shape index (κ1) is 15.2. The Labute approximate surface area is 91.9 Å². The maximum Gasteiger partial charge on any atom is 0.187 e. The van der Waals surface area contributed by atoms with Gasteiger partial charge in [0.15, 0.2) is 17.4 Å². The van der Waals surface area contributed by atoms with Crippen molar-refractivity contribution in [2.24, 2.45) is 5.92 Å². The number of aliphatic hydroxyl groups excluding tert-OH is 1. The van der Waals surface area contributed by atoms with Gasteiger partial charge in [0, 0.05) is 6.61 Å². The van der Waals surface area contributed by atoms with Gasteiger partial charge in [0.05, 0.1) is 0 Å². The summed E-state index contributed by atoms with van der Waals surface area (Å²) in [6.07, 6.45) is 0. The van der Waals surface area contributed by atoms with Gasteiger partial charge in [0.25, 0.3) is 0 Å². The molecule has 13 heavy (non-hydrogen) atoms. The standard InChI is InChI=1S/C7H8.C4H10O.Al.3H/c1-7-5-3-2-4-6-7;1-4(2)3-5;;;;/h2-6H,1H3;4-5H,3H2,1-2H3;;;;. The Morgan fingerprint density at radius 3 is 1.69 bits per heavy atom. The van der Waals surface area contributed by atoms with E-state index in [4.69, 9.17) is 5.11 Å². The molecular weight excluding hydrogens is 175 g/mol. The summed E-state index contributed by atoms with van der Waals surface area (Å²) in [5.74, 6) is 0.440. The summed E-state index contributed by atoms with van der Waals surface area (Å²) in [6.45, 7) is 6.33. The van der Waals surface area contributed by atoms with Gasteiger partial charge in [-0.3, -0.25) is 0 Å². The Hall–Kier alpha value is -0.288. The lowest BCUT2D eigenvalue weighted by Crippen LogP contribution is -1.90. The molecular formula is C11H21AlO. The van der Waals surface area contributed by atoms with Crippen LogP contribution in [-0.4, -0.2) is 29.1 Å². The molecule has 1 N–H and O–H groups in total. The molecule has 2 heteroatoms. The zero-order valence-electron chi connectivity index (χ0n) is 8.12. The monoisotopic (exact) mass is 196 g/mol. The first-order valence-electron chi connectivity index (χ1n) is 4.29. The normalized spacial score (nSPS) is 8.38. The van der Waals surface area contributed by atoms with Gasteiger partial charge in [-0.05, 0) is 12.8 Å². The quantitative estimate of drug-likeness (QED) is 0.674. The van der Waals surface area contributed by atoms with E-state index < -0.39 is 0 Å². The fourth-order valence-corrected chi connectivity index (χ4v) is 0.534. The zero-order chi connectivity index (χ0) is 9.40. The Kier molecular flexibility index (Phi) is 11.5. The lowest BCUT2D eigenvalue weighted by atomic mass is 10.2. The highest BCUT2D eigenvalue weighted by Gasteiger charge is 1.81. The molecule has 0 saturated heterocycles. The lowest BCUT2D eigenvalue weighted by Gasteiger charge is -1.90. The third-order valence-electron chi connectivity index (χ3n) is 1.31. The summed E-state index contributed by atoms with van der Waals surface area (Å²) in [5, 5.41) is 8.14. The highest BCUT2D eigenvalue weighted by Crippen LogP contribution is 1.92. The first-order valence-corrected chi connectivity index (χ1v) is 4.29. The van der Waals surface area contributed by atoms with Crippen molar-refractivity contribution in [1.29, 1.82) is 0 Å². The lowest BCUT2D eigenvalue weighted by molar-refractivity contribution is 0.248. The summed E-state index contributed by atoms with van der Waals surface area (Å²) in [6, 6.07) is 10.3. The molecule has 0 spiro atoms. The number of benzene rings is 1. The Morgan fingerprint density at radius 2 is 1.54 bits per heavy atom. The van der Waals surface area contributed by atoms with E-state index in [0.29, 0.717) is 12.5 Å². The van der Waals surface area contributed by atoms with E-state index in [1.54, 1.807) is 0 Å². The Morgan fingerprint density at radius 1 is 1.15 bits per heavy atom. The number of hydrogen-bond donors (Lipinski definition) is 1. The zero-order valence-corrected chi connectivity index (χ0v) is 8.12. The van der Waals surface area contributed by atoms with Crippen LogP contribution in [-0.2, 0) is 0 Å². The molecule has 0 atom stereocenters. The molecule has 0 fully saturated rings. The molecule has 1 aromatic carbocycles. The van der Waals surface area contributed by atoms with Crippen molar-refractivity contribution in [3.05, 3.63) is 35.9 Å². The molecule has 0 amide bonds. The summed E-state index contributed by atoms with van der Waals surface area (Å²) < 4.78 is 0. The fraction of sp³-hybridized carbons (Fsp3) is 0.455. The Balaban J connectivity index is 0. The largest absolute Gasteiger partial charge is 0.396 e. The second kappa shape index (κ2) is 9.80. The minimum atomic E-state index is 0. The highest BCUT2D eigenvalue weighted by atomic mass is 27.0. The van der Waals surface area contributed by atoms with Crippen LogP contribution in [0.25, 0.3) is 0 Å². The van der Waals surface area contributed by atoms with Crippen LogP contribution in [0.4, 0.5) is 0 Å². The molecule has 0 aromatic heterocycles. The highest BCUT2D eigenvalue weighted by molar-refractivity contribution is 5.75. The molecule has 0 aliphatic heterocycles. The molecule has 1 nitrogen and oxygen atoms in total.